The van der Waals surface area contributed by atoms with Crippen LogP contribution >= 0.6 is 11.6 Å². The van der Waals surface area contributed by atoms with Gasteiger partial charge in [0.25, 0.3) is 0 Å². The Morgan fingerprint density at radius 2 is 1.95 bits per heavy atom. The van der Waals surface area contributed by atoms with Gasteiger partial charge >= 0.3 is 0 Å². The second kappa shape index (κ2) is 6.64. The maximum Gasteiger partial charge on any atom is 0.178 e. The molecule has 0 aliphatic rings. The van der Waals surface area contributed by atoms with Crippen molar-refractivity contribution < 1.29 is 9.18 Å². The number of nitrogens with zero attached hydrogens (tertiary/aromatic N) is 1. The molecule has 0 saturated heterocycles. The van der Waals surface area contributed by atoms with Crippen LogP contribution in [0, 0.1) is 5.82 Å². The van der Waals surface area contributed by atoms with Crippen LogP contribution in [0.15, 0.2) is 48.5 Å². The highest BCUT2D eigenvalue weighted by atomic mass is 35.5. The fourth-order valence-corrected chi connectivity index (χ4v) is 2.26. The Bertz CT molecular complexity index is 615. The van der Waals surface area contributed by atoms with Gasteiger partial charge in [-0.2, -0.15) is 0 Å². The second-order valence-corrected chi connectivity index (χ2v) is 5.11. The molecule has 104 valence electrons. The molecule has 2 aromatic rings. The van der Waals surface area contributed by atoms with E-state index in [4.69, 9.17) is 11.6 Å². The lowest BCUT2D eigenvalue weighted by molar-refractivity contribution is 0.0943. The van der Waals surface area contributed by atoms with Gasteiger partial charge in [0.2, 0.25) is 0 Å². The van der Waals surface area contributed by atoms with Gasteiger partial charge in [0.15, 0.2) is 5.78 Å². The van der Waals surface area contributed by atoms with E-state index in [1.807, 2.05) is 18.0 Å². The molecule has 2 rings (SSSR count). The van der Waals surface area contributed by atoms with E-state index >= 15 is 0 Å². The molecule has 0 unspecified atom stereocenters. The standard InChI is InChI=1S/C16H15ClFNO/c1-19(10-12-5-4-6-13(18)9-12)11-16(20)14-7-2-3-8-15(14)17/h2-9H,10-11H2,1H3. The summed E-state index contributed by atoms with van der Waals surface area (Å²) in [6.45, 7) is 0.744. The summed E-state index contributed by atoms with van der Waals surface area (Å²) in [6.07, 6.45) is 0. The predicted molar refractivity (Wildman–Crippen MR) is 78.5 cm³/mol. The molecule has 2 aromatic carbocycles. The molecule has 0 fully saturated rings. The summed E-state index contributed by atoms with van der Waals surface area (Å²) in [5.74, 6) is -0.317. The van der Waals surface area contributed by atoms with Crippen LogP contribution in [-0.2, 0) is 6.54 Å². The van der Waals surface area contributed by atoms with Crippen molar-refractivity contribution in [3.8, 4) is 0 Å². The number of benzene rings is 2. The minimum absolute atomic E-state index is 0.0468. The van der Waals surface area contributed by atoms with E-state index in [9.17, 15) is 9.18 Å². The van der Waals surface area contributed by atoms with Crippen LogP contribution in [0.1, 0.15) is 15.9 Å². The number of carbonyl (C=O) groups is 1. The van der Waals surface area contributed by atoms with Gasteiger partial charge in [-0.1, -0.05) is 35.9 Å². The van der Waals surface area contributed by atoms with Crippen LogP contribution < -0.4 is 0 Å². The molecule has 0 radical (unpaired) electrons. The smallest absolute Gasteiger partial charge is 0.178 e. The summed E-state index contributed by atoms with van der Waals surface area (Å²) in [4.78, 5) is 14.0. The summed E-state index contributed by atoms with van der Waals surface area (Å²) >= 11 is 5.99. The van der Waals surface area contributed by atoms with Crippen LogP contribution in [0.2, 0.25) is 5.02 Å². The van der Waals surface area contributed by atoms with E-state index in [0.29, 0.717) is 17.1 Å². The van der Waals surface area contributed by atoms with Crippen molar-refractivity contribution in [2.75, 3.05) is 13.6 Å². The third-order valence-electron chi connectivity index (χ3n) is 2.93. The van der Waals surface area contributed by atoms with Crippen LogP contribution in [0.4, 0.5) is 4.39 Å². The highest BCUT2D eigenvalue weighted by Gasteiger charge is 2.12. The van der Waals surface area contributed by atoms with Gasteiger partial charge in [0, 0.05) is 12.1 Å². The average Bonchev–Trinajstić information content (AvgIpc) is 2.38. The van der Waals surface area contributed by atoms with E-state index in [1.165, 1.54) is 12.1 Å². The number of hydrogen-bond donors (Lipinski definition) is 0. The first-order valence-corrected chi connectivity index (χ1v) is 6.65. The van der Waals surface area contributed by atoms with Crippen LogP contribution in [0.3, 0.4) is 0 Å². The number of halogens is 2. The van der Waals surface area contributed by atoms with Crippen molar-refractivity contribution >= 4 is 17.4 Å². The van der Waals surface area contributed by atoms with Crippen molar-refractivity contribution in [3.63, 3.8) is 0 Å². The predicted octanol–water partition coefficient (Wildman–Crippen LogP) is 3.79. The quantitative estimate of drug-likeness (QED) is 0.781. The number of carbonyl (C=O) groups excluding carboxylic acids is 1. The van der Waals surface area contributed by atoms with Crippen molar-refractivity contribution in [1.29, 1.82) is 0 Å². The Balaban J connectivity index is 2.00. The molecule has 0 aliphatic carbocycles. The maximum atomic E-state index is 13.1. The summed E-state index contributed by atoms with van der Waals surface area (Å²) in [5.41, 5.74) is 1.35. The normalized spacial score (nSPS) is 10.8. The molecule has 0 spiro atoms. The van der Waals surface area contributed by atoms with E-state index in [-0.39, 0.29) is 18.1 Å². The first-order chi connectivity index (χ1) is 9.56. The lowest BCUT2D eigenvalue weighted by atomic mass is 10.1. The van der Waals surface area contributed by atoms with Crippen molar-refractivity contribution in [2.45, 2.75) is 6.54 Å². The van der Waals surface area contributed by atoms with Crippen LogP contribution in [-0.4, -0.2) is 24.3 Å². The van der Waals surface area contributed by atoms with Gasteiger partial charge < -0.3 is 0 Å². The number of hydrogen-bond acceptors (Lipinski definition) is 2. The molecule has 0 bridgehead atoms. The SMILES string of the molecule is CN(CC(=O)c1ccccc1Cl)Cc1cccc(F)c1. The van der Waals surface area contributed by atoms with Crippen molar-refractivity contribution in [1.82, 2.24) is 4.90 Å². The average molecular weight is 292 g/mol. The zero-order valence-corrected chi connectivity index (χ0v) is 11.9. The lowest BCUT2D eigenvalue weighted by Crippen LogP contribution is -2.25. The molecule has 0 aliphatic heterocycles. The molecule has 0 N–H and O–H groups in total. The van der Waals surface area contributed by atoms with E-state index in [1.54, 1.807) is 30.3 Å². The minimum atomic E-state index is -0.270. The molecule has 0 amide bonds. The summed E-state index contributed by atoms with van der Waals surface area (Å²) < 4.78 is 13.1. The Hall–Kier alpha value is -1.71. The van der Waals surface area contributed by atoms with Gasteiger partial charge in [0.05, 0.1) is 11.6 Å². The molecule has 0 aromatic heterocycles. The highest BCUT2D eigenvalue weighted by Crippen LogP contribution is 2.16. The van der Waals surface area contributed by atoms with Gasteiger partial charge in [-0.25, -0.2) is 4.39 Å². The summed E-state index contributed by atoms with van der Waals surface area (Å²) in [6, 6.07) is 13.3. The first kappa shape index (κ1) is 14.7. The number of ketones is 1. The van der Waals surface area contributed by atoms with Gasteiger partial charge in [-0.3, -0.25) is 9.69 Å². The second-order valence-electron chi connectivity index (χ2n) is 4.71. The Morgan fingerprint density at radius 1 is 1.20 bits per heavy atom. The van der Waals surface area contributed by atoms with Crippen LogP contribution in [0.5, 0.6) is 0 Å². The molecule has 20 heavy (non-hydrogen) atoms. The third kappa shape index (κ3) is 3.89. The van der Waals surface area contributed by atoms with E-state index in [0.717, 1.165) is 5.56 Å². The van der Waals surface area contributed by atoms with Crippen molar-refractivity contribution in [3.05, 3.63) is 70.5 Å². The molecular weight excluding hydrogens is 277 g/mol. The first-order valence-electron chi connectivity index (χ1n) is 6.27. The van der Waals surface area contributed by atoms with Gasteiger partial charge in [-0.15, -0.1) is 0 Å². The highest BCUT2D eigenvalue weighted by molar-refractivity contribution is 6.34. The minimum Gasteiger partial charge on any atom is -0.295 e. The number of rotatable bonds is 5. The number of likely N-dealkylation sites (N-methyl/N-ethyl adjacent to an activating group) is 1. The molecule has 0 atom stereocenters. The molecule has 4 heteroatoms. The lowest BCUT2D eigenvalue weighted by Gasteiger charge is -2.16. The molecule has 0 saturated carbocycles. The van der Waals surface area contributed by atoms with E-state index in [2.05, 4.69) is 0 Å². The third-order valence-corrected chi connectivity index (χ3v) is 3.26. The van der Waals surface area contributed by atoms with Gasteiger partial charge in [-0.05, 0) is 36.9 Å². The largest absolute Gasteiger partial charge is 0.295 e. The molecular formula is C16H15ClFNO. The fourth-order valence-electron chi connectivity index (χ4n) is 2.02. The van der Waals surface area contributed by atoms with Crippen LogP contribution in [0.25, 0.3) is 0 Å². The zero-order chi connectivity index (χ0) is 14.5. The topological polar surface area (TPSA) is 20.3 Å². The Labute approximate surface area is 122 Å². The Kier molecular flexibility index (Phi) is 4.88. The van der Waals surface area contributed by atoms with Gasteiger partial charge in [0.1, 0.15) is 5.82 Å². The Morgan fingerprint density at radius 3 is 2.65 bits per heavy atom. The summed E-state index contributed by atoms with van der Waals surface area (Å²) in [5, 5.41) is 0.455. The zero-order valence-electron chi connectivity index (χ0n) is 11.1. The maximum absolute atomic E-state index is 13.1. The molecule has 2 nitrogen and oxygen atoms in total. The van der Waals surface area contributed by atoms with E-state index < -0.39 is 0 Å². The van der Waals surface area contributed by atoms with Crippen molar-refractivity contribution in [2.24, 2.45) is 0 Å². The monoisotopic (exact) mass is 291 g/mol. The fraction of sp³-hybridized carbons (Fsp3) is 0.188. The summed E-state index contributed by atoms with van der Waals surface area (Å²) in [7, 11) is 1.82. The molecule has 0 heterocycles. The number of Topliss-reactive ketones (excluding diaryl/α,β-unsaturated/α-hetero) is 1.